The van der Waals surface area contributed by atoms with Gasteiger partial charge in [-0.15, -0.1) is 0 Å². The van der Waals surface area contributed by atoms with Crippen LogP contribution in [0.4, 0.5) is 10.1 Å². The van der Waals surface area contributed by atoms with Gasteiger partial charge in [0, 0.05) is 30.8 Å². The fourth-order valence-corrected chi connectivity index (χ4v) is 3.46. The standard InChI is InChI=1S/C19H16FN3O3/c20-14-5-3-7-15-12(14)8-10-22(15)17(24)9-11-23-16-6-2-1-4-13(16)18(25)21-19(23)26/h1-7H,8-11H2,(H,21,25,26). The quantitative estimate of drug-likeness (QED) is 0.780. The van der Waals surface area contributed by atoms with Crippen LogP contribution < -0.4 is 16.1 Å². The molecule has 7 heteroatoms. The van der Waals surface area contributed by atoms with Crippen LogP contribution in [0.5, 0.6) is 0 Å². The van der Waals surface area contributed by atoms with Gasteiger partial charge in [0.1, 0.15) is 5.82 Å². The minimum absolute atomic E-state index is 0.0753. The molecule has 0 unspecified atom stereocenters. The molecular formula is C19H16FN3O3. The van der Waals surface area contributed by atoms with E-state index in [-0.39, 0.29) is 24.7 Å². The van der Waals surface area contributed by atoms with Crippen molar-refractivity contribution < 1.29 is 9.18 Å². The van der Waals surface area contributed by atoms with Crippen molar-refractivity contribution in [1.82, 2.24) is 9.55 Å². The van der Waals surface area contributed by atoms with Gasteiger partial charge in [0.25, 0.3) is 5.56 Å². The highest BCUT2D eigenvalue weighted by molar-refractivity contribution is 5.95. The van der Waals surface area contributed by atoms with Gasteiger partial charge in [-0.25, -0.2) is 9.18 Å². The van der Waals surface area contributed by atoms with Crippen molar-refractivity contribution in [2.24, 2.45) is 0 Å². The first-order chi connectivity index (χ1) is 12.6. The number of aromatic nitrogens is 2. The normalized spacial score (nSPS) is 13.2. The third-order valence-electron chi connectivity index (χ3n) is 4.73. The highest BCUT2D eigenvalue weighted by Gasteiger charge is 2.26. The maximum absolute atomic E-state index is 13.8. The molecule has 0 atom stereocenters. The second-order valence-electron chi connectivity index (χ2n) is 6.21. The maximum atomic E-state index is 13.8. The van der Waals surface area contributed by atoms with Gasteiger partial charge >= 0.3 is 5.69 Å². The summed E-state index contributed by atoms with van der Waals surface area (Å²) in [6.45, 7) is 0.562. The number of halogens is 1. The summed E-state index contributed by atoms with van der Waals surface area (Å²) in [7, 11) is 0. The highest BCUT2D eigenvalue weighted by Crippen LogP contribution is 2.30. The fourth-order valence-electron chi connectivity index (χ4n) is 3.46. The van der Waals surface area contributed by atoms with E-state index in [4.69, 9.17) is 0 Å². The summed E-state index contributed by atoms with van der Waals surface area (Å²) < 4.78 is 15.2. The molecule has 0 bridgehead atoms. The number of benzene rings is 2. The summed E-state index contributed by atoms with van der Waals surface area (Å²) in [6.07, 6.45) is 0.557. The highest BCUT2D eigenvalue weighted by atomic mass is 19.1. The Kier molecular flexibility index (Phi) is 3.91. The number of para-hydroxylation sites is 1. The van der Waals surface area contributed by atoms with Crippen molar-refractivity contribution in [3.63, 3.8) is 0 Å². The Balaban J connectivity index is 1.61. The topological polar surface area (TPSA) is 75.2 Å². The van der Waals surface area contributed by atoms with Crippen molar-refractivity contribution in [2.75, 3.05) is 11.4 Å². The minimum atomic E-state index is -0.547. The zero-order valence-corrected chi connectivity index (χ0v) is 13.9. The summed E-state index contributed by atoms with van der Waals surface area (Å²) >= 11 is 0. The molecule has 2 aromatic carbocycles. The van der Waals surface area contributed by atoms with Gasteiger partial charge in [-0.2, -0.15) is 0 Å². The van der Waals surface area contributed by atoms with Gasteiger partial charge in [-0.1, -0.05) is 18.2 Å². The van der Waals surface area contributed by atoms with E-state index in [9.17, 15) is 18.8 Å². The lowest BCUT2D eigenvalue weighted by atomic mass is 10.1. The number of aryl methyl sites for hydroxylation is 1. The zero-order chi connectivity index (χ0) is 18.3. The Morgan fingerprint density at radius 3 is 2.77 bits per heavy atom. The summed E-state index contributed by atoms with van der Waals surface area (Å²) in [5.74, 6) is -0.489. The summed E-state index contributed by atoms with van der Waals surface area (Å²) in [6, 6.07) is 11.5. The molecule has 4 rings (SSSR count). The van der Waals surface area contributed by atoms with Gasteiger partial charge in [-0.3, -0.25) is 19.1 Å². The number of nitrogens with zero attached hydrogens (tertiary/aromatic N) is 2. The Hall–Kier alpha value is -3.22. The van der Waals surface area contributed by atoms with Crippen LogP contribution in [0.25, 0.3) is 10.9 Å². The van der Waals surface area contributed by atoms with Crippen molar-refractivity contribution in [3.05, 3.63) is 74.7 Å². The predicted molar refractivity (Wildman–Crippen MR) is 95.9 cm³/mol. The number of anilines is 1. The molecular weight excluding hydrogens is 337 g/mol. The molecule has 2 heterocycles. The largest absolute Gasteiger partial charge is 0.328 e. The molecule has 0 radical (unpaired) electrons. The van der Waals surface area contributed by atoms with Gasteiger partial charge in [0.05, 0.1) is 10.9 Å². The monoisotopic (exact) mass is 353 g/mol. The molecule has 0 saturated heterocycles. The lowest BCUT2D eigenvalue weighted by Gasteiger charge is -2.18. The molecule has 0 saturated carbocycles. The SMILES string of the molecule is O=C(CCn1c(=O)[nH]c(=O)c2ccccc21)N1CCc2c(F)cccc21. The van der Waals surface area contributed by atoms with E-state index in [1.165, 1.54) is 10.6 Å². The molecule has 132 valence electrons. The van der Waals surface area contributed by atoms with Crippen molar-refractivity contribution >= 4 is 22.5 Å². The summed E-state index contributed by atoms with van der Waals surface area (Å²) in [5.41, 5.74) is 0.634. The molecule has 3 aromatic rings. The van der Waals surface area contributed by atoms with E-state index in [1.807, 2.05) is 0 Å². The molecule has 1 aliphatic rings. The van der Waals surface area contributed by atoms with Crippen molar-refractivity contribution in [2.45, 2.75) is 19.4 Å². The van der Waals surface area contributed by atoms with Crippen molar-refractivity contribution in [1.29, 1.82) is 0 Å². The van der Waals surface area contributed by atoms with E-state index >= 15 is 0 Å². The number of nitrogens with one attached hydrogen (secondary N) is 1. The Labute approximate surface area is 147 Å². The van der Waals surface area contributed by atoms with Gasteiger partial charge in [0.2, 0.25) is 5.91 Å². The van der Waals surface area contributed by atoms with Crippen LogP contribution in [0.3, 0.4) is 0 Å². The average Bonchev–Trinajstić information content (AvgIpc) is 3.07. The second-order valence-corrected chi connectivity index (χ2v) is 6.21. The van der Waals surface area contributed by atoms with Crippen LogP contribution in [0.15, 0.2) is 52.1 Å². The summed E-state index contributed by atoms with van der Waals surface area (Å²) in [5, 5.41) is 0.396. The van der Waals surface area contributed by atoms with Crippen LogP contribution in [0.2, 0.25) is 0 Å². The second kappa shape index (κ2) is 6.25. The number of amides is 1. The Morgan fingerprint density at radius 2 is 1.92 bits per heavy atom. The lowest BCUT2D eigenvalue weighted by molar-refractivity contribution is -0.118. The third-order valence-corrected chi connectivity index (χ3v) is 4.73. The zero-order valence-electron chi connectivity index (χ0n) is 13.9. The van der Waals surface area contributed by atoms with Crippen LogP contribution in [-0.2, 0) is 17.8 Å². The maximum Gasteiger partial charge on any atom is 0.328 e. The van der Waals surface area contributed by atoms with Crippen LogP contribution in [-0.4, -0.2) is 22.0 Å². The van der Waals surface area contributed by atoms with Crippen molar-refractivity contribution in [3.8, 4) is 0 Å². The van der Waals surface area contributed by atoms with Crippen LogP contribution >= 0.6 is 0 Å². The molecule has 1 amide bonds. The summed E-state index contributed by atoms with van der Waals surface area (Å²) in [4.78, 5) is 40.5. The predicted octanol–water partition coefficient (Wildman–Crippen LogP) is 1.81. The molecule has 26 heavy (non-hydrogen) atoms. The Morgan fingerprint density at radius 1 is 1.12 bits per heavy atom. The smallest absolute Gasteiger partial charge is 0.312 e. The molecule has 1 N–H and O–H groups in total. The Bertz CT molecular complexity index is 1130. The van der Waals surface area contributed by atoms with Gasteiger partial charge in [0.15, 0.2) is 0 Å². The number of aromatic amines is 1. The van der Waals surface area contributed by atoms with Crippen LogP contribution in [0, 0.1) is 5.82 Å². The third kappa shape index (κ3) is 2.61. The van der Waals surface area contributed by atoms with E-state index in [0.717, 1.165) is 0 Å². The number of rotatable bonds is 3. The number of fused-ring (bicyclic) bond motifs is 2. The average molecular weight is 353 g/mol. The minimum Gasteiger partial charge on any atom is -0.312 e. The van der Waals surface area contributed by atoms with E-state index < -0.39 is 11.2 Å². The van der Waals surface area contributed by atoms with Gasteiger partial charge < -0.3 is 4.90 Å². The molecule has 0 fully saturated rings. The lowest BCUT2D eigenvalue weighted by Crippen LogP contribution is -2.34. The molecule has 6 nitrogen and oxygen atoms in total. The number of hydrogen-bond acceptors (Lipinski definition) is 3. The fraction of sp³-hybridized carbons (Fsp3) is 0.211. The molecule has 0 spiro atoms. The number of carbonyl (C=O) groups excluding carboxylic acids is 1. The van der Waals surface area contributed by atoms with E-state index in [2.05, 4.69) is 4.98 Å². The van der Waals surface area contributed by atoms with Crippen LogP contribution in [0.1, 0.15) is 12.0 Å². The van der Waals surface area contributed by atoms with E-state index in [1.54, 1.807) is 41.3 Å². The number of hydrogen-bond donors (Lipinski definition) is 1. The van der Waals surface area contributed by atoms with E-state index in [0.29, 0.717) is 35.1 Å². The van der Waals surface area contributed by atoms with Gasteiger partial charge in [-0.05, 0) is 30.7 Å². The number of H-pyrrole nitrogens is 1. The molecule has 1 aliphatic heterocycles. The first kappa shape index (κ1) is 16.3. The molecule has 0 aliphatic carbocycles. The first-order valence-electron chi connectivity index (χ1n) is 8.36. The molecule has 1 aromatic heterocycles. The number of carbonyl (C=O) groups is 1. The first-order valence-corrected chi connectivity index (χ1v) is 8.36.